The first kappa shape index (κ1) is 26.0. The Morgan fingerprint density at radius 1 is 1.14 bits per heavy atom. The fraction of sp³-hybridized carbons (Fsp3) is 0.759. The standard InChI is InChI=1S/C29H43NO5/c1-5-33-27(32)9-7-6-8-18-34-30-26-13-12-24-23-11-10-21-19-22(35-20(2)31)14-16-28(21,3)25(23)15-17-29(24,26)4/h7,9-10,22-25H,5-6,8,11-19H2,1-4H3/b9-7+,30-26+/t22-,23-,24-,25-,28-,29-/m0/s1. The number of unbranched alkanes of at least 4 members (excludes halogenated alkanes) is 1. The van der Waals surface area contributed by atoms with E-state index in [2.05, 4.69) is 25.1 Å². The number of nitrogens with zero attached hydrogens (tertiary/aromatic N) is 1. The summed E-state index contributed by atoms with van der Waals surface area (Å²) >= 11 is 0. The molecule has 4 rings (SSSR count). The van der Waals surface area contributed by atoms with Crippen LogP contribution in [0.15, 0.2) is 29.0 Å². The van der Waals surface area contributed by atoms with Crippen molar-refractivity contribution in [2.24, 2.45) is 33.7 Å². The predicted molar refractivity (Wildman–Crippen MR) is 136 cm³/mol. The molecule has 194 valence electrons. The topological polar surface area (TPSA) is 74.2 Å². The lowest BCUT2D eigenvalue weighted by molar-refractivity contribution is -0.148. The summed E-state index contributed by atoms with van der Waals surface area (Å²) in [5, 5.41) is 4.65. The molecule has 0 aromatic heterocycles. The Kier molecular flexibility index (Phi) is 8.07. The van der Waals surface area contributed by atoms with Crippen LogP contribution in [0.25, 0.3) is 0 Å². The van der Waals surface area contributed by atoms with Crippen LogP contribution in [-0.4, -0.2) is 37.0 Å². The quantitative estimate of drug-likeness (QED) is 0.135. The molecule has 0 bridgehead atoms. The largest absolute Gasteiger partial charge is 0.463 e. The molecule has 6 heteroatoms. The number of allylic oxidation sites excluding steroid dienone is 2. The van der Waals surface area contributed by atoms with Gasteiger partial charge in [-0.25, -0.2) is 4.79 Å². The van der Waals surface area contributed by atoms with Gasteiger partial charge in [0.15, 0.2) is 0 Å². The van der Waals surface area contributed by atoms with Crippen LogP contribution in [0, 0.1) is 28.6 Å². The van der Waals surface area contributed by atoms with Gasteiger partial charge in [0.25, 0.3) is 0 Å². The molecule has 0 radical (unpaired) electrons. The van der Waals surface area contributed by atoms with E-state index in [1.807, 2.05) is 6.08 Å². The van der Waals surface area contributed by atoms with Crippen molar-refractivity contribution < 1.29 is 23.9 Å². The van der Waals surface area contributed by atoms with Crippen LogP contribution in [0.3, 0.4) is 0 Å². The van der Waals surface area contributed by atoms with Crippen molar-refractivity contribution in [2.45, 2.75) is 98.0 Å². The molecule has 0 spiro atoms. The third-order valence-electron chi connectivity index (χ3n) is 9.45. The number of carbonyl (C=O) groups excluding carboxylic acids is 2. The molecule has 0 amide bonds. The molecule has 35 heavy (non-hydrogen) atoms. The SMILES string of the molecule is CCOC(=O)/C=C/CCCO/N=C1\CC[C@H]2[C@@H]3CC=C4C[C@@H](OC(C)=O)CC[C@]4(C)[C@H]3CC[C@]12C. The lowest BCUT2D eigenvalue weighted by Crippen LogP contribution is -2.50. The van der Waals surface area contributed by atoms with Crippen molar-refractivity contribution in [1.82, 2.24) is 0 Å². The van der Waals surface area contributed by atoms with Gasteiger partial charge in [-0.05, 0) is 87.9 Å². The van der Waals surface area contributed by atoms with Gasteiger partial charge in [-0.1, -0.05) is 36.7 Å². The molecule has 6 nitrogen and oxygen atoms in total. The summed E-state index contributed by atoms with van der Waals surface area (Å²) in [5.74, 6) is 1.63. The number of esters is 2. The second-order valence-electron chi connectivity index (χ2n) is 11.4. The molecule has 0 saturated heterocycles. The van der Waals surface area contributed by atoms with Gasteiger partial charge in [-0.15, -0.1) is 0 Å². The number of oxime groups is 1. The predicted octanol–water partition coefficient (Wildman–Crippen LogP) is 6.15. The van der Waals surface area contributed by atoms with E-state index in [4.69, 9.17) is 14.3 Å². The molecule has 0 aliphatic heterocycles. The second kappa shape index (κ2) is 10.9. The zero-order valence-electron chi connectivity index (χ0n) is 22.0. The third kappa shape index (κ3) is 5.36. The summed E-state index contributed by atoms with van der Waals surface area (Å²) in [6.07, 6.45) is 16.3. The highest BCUT2D eigenvalue weighted by atomic mass is 16.6. The number of ether oxygens (including phenoxy) is 2. The Morgan fingerprint density at radius 3 is 2.69 bits per heavy atom. The van der Waals surface area contributed by atoms with Crippen LogP contribution in [-0.2, 0) is 23.9 Å². The van der Waals surface area contributed by atoms with Crippen LogP contribution >= 0.6 is 0 Å². The van der Waals surface area contributed by atoms with Gasteiger partial charge in [-0.2, -0.15) is 0 Å². The molecular formula is C29H43NO5. The van der Waals surface area contributed by atoms with Crippen LogP contribution in [0.4, 0.5) is 0 Å². The van der Waals surface area contributed by atoms with E-state index >= 15 is 0 Å². The van der Waals surface area contributed by atoms with Crippen molar-refractivity contribution in [3.05, 3.63) is 23.8 Å². The molecule has 0 aromatic rings. The first-order chi connectivity index (χ1) is 16.8. The maximum Gasteiger partial charge on any atom is 0.330 e. The molecule has 3 saturated carbocycles. The highest BCUT2D eigenvalue weighted by Gasteiger charge is 2.58. The van der Waals surface area contributed by atoms with Crippen LogP contribution in [0.5, 0.6) is 0 Å². The van der Waals surface area contributed by atoms with E-state index in [0.29, 0.717) is 31.0 Å². The van der Waals surface area contributed by atoms with Crippen LogP contribution in [0.1, 0.15) is 91.9 Å². The zero-order valence-corrected chi connectivity index (χ0v) is 22.0. The van der Waals surface area contributed by atoms with Crippen molar-refractivity contribution in [3.63, 3.8) is 0 Å². The van der Waals surface area contributed by atoms with Gasteiger partial charge < -0.3 is 14.3 Å². The van der Waals surface area contributed by atoms with Gasteiger partial charge in [0.05, 0.1) is 12.3 Å². The Morgan fingerprint density at radius 2 is 1.91 bits per heavy atom. The summed E-state index contributed by atoms with van der Waals surface area (Å²) in [4.78, 5) is 28.6. The van der Waals surface area contributed by atoms with Gasteiger partial charge in [-0.3, -0.25) is 4.79 Å². The highest BCUT2D eigenvalue weighted by Crippen LogP contribution is 2.64. The highest BCUT2D eigenvalue weighted by molar-refractivity contribution is 5.92. The van der Waals surface area contributed by atoms with Crippen molar-refractivity contribution >= 4 is 17.7 Å². The Labute approximate surface area is 210 Å². The monoisotopic (exact) mass is 485 g/mol. The Hall–Kier alpha value is -2.11. The average Bonchev–Trinajstić information content (AvgIpc) is 3.15. The normalized spacial score (nSPS) is 37.3. The van der Waals surface area contributed by atoms with Crippen molar-refractivity contribution in [3.8, 4) is 0 Å². The molecule has 0 unspecified atom stereocenters. The fourth-order valence-corrected chi connectivity index (χ4v) is 7.66. The van der Waals surface area contributed by atoms with E-state index in [0.717, 1.165) is 44.9 Å². The van der Waals surface area contributed by atoms with Gasteiger partial charge >= 0.3 is 11.9 Å². The van der Waals surface area contributed by atoms with E-state index in [1.165, 1.54) is 43.5 Å². The summed E-state index contributed by atoms with van der Waals surface area (Å²) in [5.41, 5.74) is 3.17. The summed E-state index contributed by atoms with van der Waals surface area (Å²) in [7, 11) is 0. The first-order valence-electron chi connectivity index (χ1n) is 13.7. The van der Waals surface area contributed by atoms with Gasteiger partial charge in [0.2, 0.25) is 0 Å². The Bertz CT molecular complexity index is 892. The van der Waals surface area contributed by atoms with Crippen LogP contribution < -0.4 is 0 Å². The number of carbonyl (C=O) groups is 2. The van der Waals surface area contributed by atoms with Crippen molar-refractivity contribution in [1.29, 1.82) is 0 Å². The number of hydrogen-bond donors (Lipinski definition) is 0. The molecular weight excluding hydrogens is 442 g/mol. The number of rotatable bonds is 8. The molecule has 4 aliphatic carbocycles. The summed E-state index contributed by atoms with van der Waals surface area (Å²) in [6.45, 7) is 9.19. The third-order valence-corrected chi connectivity index (χ3v) is 9.45. The smallest absolute Gasteiger partial charge is 0.330 e. The Balaban J connectivity index is 1.34. The maximum absolute atomic E-state index is 11.5. The van der Waals surface area contributed by atoms with Gasteiger partial charge in [0, 0.05) is 24.8 Å². The fourth-order valence-electron chi connectivity index (χ4n) is 7.66. The molecule has 6 atom stereocenters. The molecule has 0 N–H and O–H groups in total. The van der Waals surface area contributed by atoms with E-state index in [-0.39, 0.29) is 28.9 Å². The summed E-state index contributed by atoms with van der Waals surface area (Å²) < 4.78 is 10.5. The average molecular weight is 486 g/mol. The molecule has 3 fully saturated rings. The summed E-state index contributed by atoms with van der Waals surface area (Å²) in [6, 6.07) is 0. The molecule has 0 aromatic carbocycles. The first-order valence-corrected chi connectivity index (χ1v) is 13.7. The lowest BCUT2D eigenvalue weighted by Gasteiger charge is -2.57. The molecule has 4 aliphatic rings. The minimum absolute atomic E-state index is 0.0558. The minimum atomic E-state index is -0.287. The lowest BCUT2D eigenvalue weighted by atomic mass is 9.48. The van der Waals surface area contributed by atoms with Crippen molar-refractivity contribution in [2.75, 3.05) is 13.2 Å². The zero-order chi connectivity index (χ0) is 25.1. The van der Waals surface area contributed by atoms with E-state index in [1.54, 1.807) is 6.92 Å². The number of fused-ring (bicyclic) bond motifs is 5. The molecule has 0 heterocycles. The number of hydrogen-bond acceptors (Lipinski definition) is 6. The maximum atomic E-state index is 11.5. The second-order valence-corrected chi connectivity index (χ2v) is 11.4. The van der Waals surface area contributed by atoms with Gasteiger partial charge in [0.1, 0.15) is 12.7 Å². The minimum Gasteiger partial charge on any atom is -0.463 e. The van der Waals surface area contributed by atoms with E-state index in [9.17, 15) is 9.59 Å². The van der Waals surface area contributed by atoms with E-state index < -0.39 is 0 Å². The van der Waals surface area contributed by atoms with Crippen LogP contribution in [0.2, 0.25) is 0 Å².